The lowest BCUT2D eigenvalue weighted by Crippen LogP contribution is -2.36. The molecule has 3 aromatic rings. The first kappa shape index (κ1) is 24.1. The van der Waals surface area contributed by atoms with Gasteiger partial charge >= 0.3 is 0 Å². The number of tetrazole rings is 1. The van der Waals surface area contributed by atoms with E-state index in [9.17, 15) is 14.9 Å². The first-order chi connectivity index (χ1) is 17.9. The molecular formula is C26H27N9O2. The first-order valence-corrected chi connectivity index (χ1v) is 12.0. The molecule has 11 heteroatoms. The summed E-state index contributed by atoms with van der Waals surface area (Å²) in [7, 11) is 0. The molecule has 0 radical (unpaired) electrons. The Morgan fingerprint density at radius 1 is 1.16 bits per heavy atom. The Morgan fingerprint density at radius 2 is 1.81 bits per heavy atom. The number of primary amides is 2. The van der Waals surface area contributed by atoms with Crippen LogP contribution in [0.5, 0.6) is 0 Å². The van der Waals surface area contributed by atoms with Crippen molar-refractivity contribution in [1.82, 2.24) is 30.8 Å². The fraction of sp³-hybridized carbons (Fsp3) is 0.308. The molecule has 37 heavy (non-hydrogen) atoms. The Kier molecular flexibility index (Phi) is 6.19. The second-order valence-corrected chi connectivity index (χ2v) is 9.36. The molecule has 0 bridgehead atoms. The molecule has 1 aliphatic heterocycles. The minimum Gasteiger partial charge on any atom is -0.366 e. The van der Waals surface area contributed by atoms with Crippen LogP contribution in [0, 0.1) is 11.3 Å². The highest BCUT2D eigenvalue weighted by molar-refractivity contribution is 5.98. The van der Waals surface area contributed by atoms with E-state index in [4.69, 9.17) is 11.5 Å². The molecule has 2 aliphatic rings. The number of carbonyl (C=O) groups excluding carboxylic acids is 2. The fourth-order valence-corrected chi connectivity index (χ4v) is 5.58. The number of hydrogen-bond donors (Lipinski definition) is 4. The number of benzene rings is 2. The van der Waals surface area contributed by atoms with Crippen LogP contribution in [-0.2, 0) is 5.41 Å². The standard InChI is InChI=1S/C26H27N9O2/c1-15(35-10-2-3-18(35)13-27)14-30-9-8-26(25-31-33-34-32-25)21-6-4-16(23(28)36)11-19(21)20-12-17(24(29)37)5-7-22(20)26/h4-7,11-12,18,30H,1-3,8-10,14H2,(H2,28,36)(H2,29,37)(H,31,32,33,34). The van der Waals surface area contributed by atoms with Crippen LogP contribution in [0.2, 0.25) is 0 Å². The van der Waals surface area contributed by atoms with Gasteiger partial charge in [-0.25, -0.2) is 0 Å². The predicted molar refractivity (Wildman–Crippen MR) is 135 cm³/mol. The van der Waals surface area contributed by atoms with Crippen LogP contribution in [0.15, 0.2) is 48.7 Å². The zero-order chi connectivity index (χ0) is 26.2. The normalized spacial score (nSPS) is 17.2. The molecule has 1 fully saturated rings. The highest BCUT2D eigenvalue weighted by atomic mass is 16.1. The van der Waals surface area contributed by atoms with E-state index >= 15 is 0 Å². The van der Waals surface area contributed by atoms with Gasteiger partial charge in [0.2, 0.25) is 11.8 Å². The van der Waals surface area contributed by atoms with Crippen molar-refractivity contribution in [3.63, 3.8) is 0 Å². The van der Waals surface area contributed by atoms with Crippen molar-refractivity contribution in [2.24, 2.45) is 11.5 Å². The Labute approximate surface area is 213 Å². The van der Waals surface area contributed by atoms with Crippen LogP contribution < -0.4 is 16.8 Å². The number of aromatic nitrogens is 4. The number of nitrogens with two attached hydrogens (primary N) is 2. The molecule has 6 N–H and O–H groups in total. The van der Waals surface area contributed by atoms with Gasteiger partial charge in [0.15, 0.2) is 5.82 Å². The van der Waals surface area contributed by atoms with Gasteiger partial charge in [0.05, 0.1) is 11.5 Å². The zero-order valence-corrected chi connectivity index (χ0v) is 20.2. The molecule has 1 unspecified atom stereocenters. The summed E-state index contributed by atoms with van der Waals surface area (Å²) in [5.74, 6) is -0.633. The van der Waals surface area contributed by atoms with Crippen LogP contribution >= 0.6 is 0 Å². The molecule has 1 aliphatic carbocycles. The summed E-state index contributed by atoms with van der Waals surface area (Å²) in [6.07, 6.45) is 2.38. The van der Waals surface area contributed by atoms with Gasteiger partial charge in [-0.15, -0.1) is 10.2 Å². The Hall–Kier alpha value is -4.56. The van der Waals surface area contributed by atoms with E-state index in [2.05, 4.69) is 43.5 Å². The number of nitrogens with zero attached hydrogens (tertiary/aromatic N) is 5. The summed E-state index contributed by atoms with van der Waals surface area (Å²) in [6, 6.07) is 12.8. The number of fused-ring (bicyclic) bond motifs is 3. The maximum atomic E-state index is 12.0. The maximum absolute atomic E-state index is 12.0. The minimum atomic E-state index is -0.804. The Morgan fingerprint density at radius 3 is 2.35 bits per heavy atom. The van der Waals surface area contributed by atoms with Gasteiger partial charge in [-0.3, -0.25) is 9.59 Å². The number of H-pyrrole nitrogens is 1. The highest BCUT2D eigenvalue weighted by Gasteiger charge is 2.47. The second kappa shape index (κ2) is 9.48. The lowest BCUT2D eigenvalue weighted by atomic mass is 9.74. The Bertz CT molecular complexity index is 1360. The van der Waals surface area contributed by atoms with Crippen LogP contribution in [0.25, 0.3) is 11.1 Å². The van der Waals surface area contributed by atoms with Gasteiger partial charge in [0.1, 0.15) is 6.04 Å². The number of nitrogens with one attached hydrogen (secondary N) is 2. The molecule has 188 valence electrons. The van der Waals surface area contributed by atoms with E-state index in [1.165, 1.54) is 0 Å². The summed E-state index contributed by atoms with van der Waals surface area (Å²) < 4.78 is 0. The highest BCUT2D eigenvalue weighted by Crippen LogP contribution is 2.53. The average Bonchev–Trinajstić information content (AvgIpc) is 3.65. The number of nitriles is 1. The lowest BCUT2D eigenvalue weighted by molar-refractivity contribution is 0.0991. The Balaban J connectivity index is 1.51. The van der Waals surface area contributed by atoms with E-state index in [1.807, 2.05) is 12.1 Å². The van der Waals surface area contributed by atoms with Crippen molar-refractivity contribution < 1.29 is 9.59 Å². The van der Waals surface area contributed by atoms with Gasteiger partial charge in [-0.05, 0) is 72.3 Å². The SMILES string of the molecule is C=C(CNCCC1(c2nn[nH]n2)c2ccc(C(N)=O)cc2-c2cc(C(N)=O)ccc21)N1CCCC1C#N. The number of amides is 2. The zero-order valence-electron chi connectivity index (χ0n) is 20.2. The van der Waals surface area contributed by atoms with E-state index in [1.54, 1.807) is 24.3 Å². The minimum absolute atomic E-state index is 0.132. The van der Waals surface area contributed by atoms with Crippen molar-refractivity contribution in [3.05, 3.63) is 76.8 Å². The molecule has 0 spiro atoms. The molecule has 2 heterocycles. The van der Waals surface area contributed by atoms with Gasteiger partial charge in [0.25, 0.3) is 0 Å². The third-order valence-electron chi connectivity index (χ3n) is 7.36. The van der Waals surface area contributed by atoms with Crippen LogP contribution in [0.3, 0.4) is 0 Å². The summed E-state index contributed by atoms with van der Waals surface area (Å²) >= 11 is 0. The molecule has 11 nitrogen and oxygen atoms in total. The molecular weight excluding hydrogens is 470 g/mol. The van der Waals surface area contributed by atoms with Gasteiger partial charge in [0, 0.05) is 29.9 Å². The predicted octanol–water partition coefficient (Wildman–Crippen LogP) is 1.19. The summed E-state index contributed by atoms with van der Waals surface area (Å²) in [5.41, 5.74) is 15.2. The maximum Gasteiger partial charge on any atom is 0.248 e. The number of likely N-dealkylation sites (tertiary alicyclic amines) is 1. The molecule has 1 saturated heterocycles. The van der Waals surface area contributed by atoms with Crippen LogP contribution in [0.1, 0.15) is 56.9 Å². The number of hydrogen-bond acceptors (Lipinski definition) is 8. The van der Waals surface area contributed by atoms with Crippen molar-refractivity contribution in [2.75, 3.05) is 19.6 Å². The number of rotatable bonds is 9. The van der Waals surface area contributed by atoms with Crippen molar-refractivity contribution in [1.29, 1.82) is 5.26 Å². The quantitative estimate of drug-likeness (QED) is 0.318. The summed E-state index contributed by atoms with van der Waals surface area (Å²) in [5, 5.41) is 28.0. The van der Waals surface area contributed by atoms with E-state index in [-0.39, 0.29) is 6.04 Å². The third kappa shape index (κ3) is 4.01. The molecule has 2 amide bonds. The van der Waals surface area contributed by atoms with Gasteiger partial charge in [-0.1, -0.05) is 23.9 Å². The summed E-state index contributed by atoms with van der Waals surface area (Å²) in [4.78, 5) is 26.0. The molecule has 2 aromatic carbocycles. The molecule has 5 rings (SSSR count). The van der Waals surface area contributed by atoms with Gasteiger partial charge < -0.3 is 21.7 Å². The second-order valence-electron chi connectivity index (χ2n) is 9.36. The smallest absolute Gasteiger partial charge is 0.248 e. The van der Waals surface area contributed by atoms with E-state index < -0.39 is 17.2 Å². The largest absolute Gasteiger partial charge is 0.366 e. The van der Waals surface area contributed by atoms with E-state index in [0.717, 1.165) is 47.3 Å². The summed E-state index contributed by atoms with van der Waals surface area (Å²) in [6.45, 7) is 6.10. The topological polar surface area (TPSA) is 180 Å². The van der Waals surface area contributed by atoms with Gasteiger partial charge in [-0.2, -0.15) is 10.5 Å². The van der Waals surface area contributed by atoms with Crippen LogP contribution in [-0.4, -0.2) is 63.0 Å². The van der Waals surface area contributed by atoms with Crippen molar-refractivity contribution in [2.45, 2.75) is 30.7 Å². The monoisotopic (exact) mass is 497 g/mol. The third-order valence-corrected chi connectivity index (χ3v) is 7.36. The lowest BCUT2D eigenvalue weighted by Gasteiger charge is -2.30. The van der Waals surface area contributed by atoms with Crippen molar-refractivity contribution in [3.8, 4) is 17.2 Å². The number of carbonyl (C=O) groups is 2. The average molecular weight is 498 g/mol. The molecule has 1 aromatic heterocycles. The van der Waals surface area contributed by atoms with E-state index in [0.29, 0.717) is 36.5 Å². The van der Waals surface area contributed by atoms with Crippen molar-refractivity contribution >= 4 is 11.8 Å². The van der Waals surface area contributed by atoms with Crippen LogP contribution in [0.4, 0.5) is 0 Å². The number of aromatic amines is 1. The first-order valence-electron chi connectivity index (χ1n) is 12.0. The molecule has 1 atom stereocenters. The fourth-order valence-electron chi connectivity index (χ4n) is 5.58. The molecule has 0 saturated carbocycles.